The molecule has 0 aliphatic rings. The highest BCUT2D eigenvalue weighted by Gasteiger charge is 2.27. The monoisotopic (exact) mass is 304 g/mol. The highest BCUT2D eigenvalue weighted by atomic mass is 19.4. The normalized spacial score (nSPS) is 10.9. The lowest BCUT2D eigenvalue weighted by molar-refractivity contribution is -0.137. The van der Waals surface area contributed by atoms with Gasteiger partial charge in [-0.25, -0.2) is 4.79 Å². The molecule has 0 heterocycles. The number of ether oxygens (including phenoxy) is 1. The van der Waals surface area contributed by atoms with Crippen molar-refractivity contribution in [2.75, 3.05) is 25.0 Å². The fraction of sp³-hybridized carbons (Fsp3) is 0.385. The standard InChI is InChI=1S/C13H15F3N2O3/c1-2-21-12(20)9-3-5-10(6-4-9)17-7-11(19)18-8-13(14,15)16/h3-6,17H,2,7-8H2,1H3,(H,18,19). The third-order valence-electron chi connectivity index (χ3n) is 2.34. The summed E-state index contributed by atoms with van der Waals surface area (Å²) in [7, 11) is 0. The van der Waals surface area contributed by atoms with Gasteiger partial charge in [0.25, 0.3) is 0 Å². The molecule has 0 aliphatic heterocycles. The maximum atomic E-state index is 11.9. The Morgan fingerprint density at radius 3 is 2.33 bits per heavy atom. The number of esters is 1. The quantitative estimate of drug-likeness (QED) is 0.788. The number of amides is 1. The lowest BCUT2D eigenvalue weighted by atomic mass is 10.2. The number of carbonyl (C=O) groups is 2. The zero-order chi connectivity index (χ0) is 15.9. The van der Waals surface area contributed by atoms with Gasteiger partial charge in [-0.2, -0.15) is 13.2 Å². The molecule has 8 heteroatoms. The second kappa shape index (κ2) is 7.51. The first-order chi connectivity index (χ1) is 9.81. The van der Waals surface area contributed by atoms with E-state index in [-0.39, 0.29) is 13.2 Å². The number of rotatable bonds is 6. The minimum atomic E-state index is -4.43. The zero-order valence-corrected chi connectivity index (χ0v) is 11.3. The van der Waals surface area contributed by atoms with Crippen LogP contribution in [0.25, 0.3) is 0 Å². The van der Waals surface area contributed by atoms with Gasteiger partial charge in [0.15, 0.2) is 0 Å². The van der Waals surface area contributed by atoms with E-state index >= 15 is 0 Å². The average molecular weight is 304 g/mol. The van der Waals surface area contributed by atoms with Gasteiger partial charge in [0.1, 0.15) is 6.54 Å². The van der Waals surface area contributed by atoms with Crippen molar-refractivity contribution in [1.29, 1.82) is 0 Å². The molecule has 0 spiro atoms. The van der Waals surface area contributed by atoms with Crippen LogP contribution in [0.1, 0.15) is 17.3 Å². The lowest BCUT2D eigenvalue weighted by Gasteiger charge is -2.10. The molecular weight excluding hydrogens is 289 g/mol. The molecule has 5 nitrogen and oxygen atoms in total. The summed E-state index contributed by atoms with van der Waals surface area (Å²) < 4.78 is 40.4. The maximum Gasteiger partial charge on any atom is 0.405 e. The van der Waals surface area contributed by atoms with Crippen LogP contribution in [-0.2, 0) is 9.53 Å². The van der Waals surface area contributed by atoms with E-state index in [0.29, 0.717) is 11.3 Å². The zero-order valence-electron chi connectivity index (χ0n) is 11.3. The minimum absolute atomic E-state index is 0.262. The molecule has 0 unspecified atom stereocenters. The molecule has 1 rings (SSSR count). The number of anilines is 1. The van der Waals surface area contributed by atoms with E-state index in [2.05, 4.69) is 5.32 Å². The van der Waals surface area contributed by atoms with Crippen LogP contribution in [0.2, 0.25) is 0 Å². The van der Waals surface area contributed by atoms with Crippen molar-refractivity contribution in [2.45, 2.75) is 13.1 Å². The fourth-order valence-corrected chi connectivity index (χ4v) is 1.38. The van der Waals surface area contributed by atoms with Crippen LogP contribution in [0.5, 0.6) is 0 Å². The third kappa shape index (κ3) is 6.64. The molecule has 1 aromatic carbocycles. The molecule has 0 fully saturated rings. The smallest absolute Gasteiger partial charge is 0.405 e. The fourth-order valence-electron chi connectivity index (χ4n) is 1.38. The SMILES string of the molecule is CCOC(=O)c1ccc(NCC(=O)NCC(F)(F)F)cc1. The van der Waals surface area contributed by atoms with Crippen LogP contribution in [0, 0.1) is 0 Å². The summed E-state index contributed by atoms with van der Waals surface area (Å²) >= 11 is 0. The molecule has 2 N–H and O–H groups in total. The molecule has 0 radical (unpaired) electrons. The van der Waals surface area contributed by atoms with Crippen molar-refractivity contribution in [1.82, 2.24) is 5.32 Å². The molecular formula is C13H15F3N2O3. The van der Waals surface area contributed by atoms with Crippen molar-refractivity contribution in [2.24, 2.45) is 0 Å². The average Bonchev–Trinajstić information content (AvgIpc) is 2.43. The van der Waals surface area contributed by atoms with Crippen LogP contribution >= 0.6 is 0 Å². The molecule has 21 heavy (non-hydrogen) atoms. The van der Waals surface area contributed by atoms with Gasteiger partial charge in [0.05, 0.1) is 18.7 Å². The Morgan fingerprint density at radius 1 is 1.19 bits per heavy atom. The van der Waals surface area contributed by atoms with Crippen LogP contribution in [0.4, 0.5) is 18.9 Å². The summed E-state index contributed by atoms with van der Waals surface area (Å²) in [5, 5.41) is 4.39. The molecule has 0 aliphatic carbocycles. The minimum Gasteiger partial charge on any atom is -0.462 e. The number of hydrogen-bond donors (Lipinski definition) is 2. The summed E-state index contributed by atoms with van der Waals surface area (Å²) in [5.41, 5.74) is 0.856. The van der Waals surface area contributed by atoms with Gasteiger partial charge in [-0.3, -0.25) is 4.79 Å². The Hall–Kier alpha value is -2.25. The maximum absolute atomic E-state index is 11.9. The number of hydrogen-bond acceptors (Lipinski definition) is 4. The number of nitrogens with one attached hydrogen (secondary N) is 2. The van der Waals surface area contributed by atoms with Crippen LogP contribution in [0.15, 0.2) is 24.3 Å². The van der Waals surface area contributed by atoms with Crippen LogP contribution < -0.4 is 10.6 Å². The van der Waals surface area contributed by atoms with Crippen LogP contribution in [-0.4, -0.2) is 37.7 Å². The number of carbonyl (C=O) groups excluding carboxylic acids is 2. The van der Waals surface area contributed by atoms with Gasteiger partial charge in [0.2, 0.25) is 5.91 Å². The lowest BCUT2D eigenvalue weighted by Crippen LogP contribution is -2.37. The van der Waals surface area contributed by atoms with E-state index in [1.165, 1.54) is 24.3 Å². The number of benzene rings is 1. The van der Waals surface area contributed by atoms with E-state index in [0.717, 1.165) is 0 Å². The van der Waals surface area contributed by atoms with Crippen molar-refractivity contribution in [3.05, 3.63) is 29.8 Å². The van der Waals surface area contributed by atoms with E-state index in [4.69, 9.17) is 4.74 Å². The predicted molar refractivity (Wildman–Crippen MR) is 70.0 cm³/mol. The second-order valence-electron chi connectivity index (χ2n) is 4.04. The summed E-state index contributed by atoms with van der Waals surface area (Å²) in [6.07, 6.45) is -4.43. The first kappa shape index (κ1) is 16.8. The number of halogens is 3. The molecule has 0 atom stereocenters. The Kier molecular flexibility index (Phi) is 6.01. The van der Waals surface area contributed by atoms with Gasteiger partial charge in [0, 0.05) is 5.69 Å². The largest absolute Gasteiger partial charge is 0.462 e. The van der Waals surface area contributed by atoms with Gasteiger partial charge < -0.3 is 15.4 Å². The summed E-state index contributed by atoms with van der Waals surface area (Å²) in [6.45, 7) is 0.287. The summed E-state index contributed by atoms with van der Waals surface area (Å²) in [4.78, 5) is 22.6. The Balaban J connectivity index is 2.42. The van der Waals surface area contributed by atoms with E-state index in [9.17, 15) is 22.8 Å². The van der Waals surface area contributed by atoms with Crippen molar-refractivity contribution < 1.29 is 27.5 Å². The second-order valence-corrected chi connectivity index (χ2v) is 4.04. The number of alkyl halides is 3. The third-order valence-corrected chi connectivity index (χ3v) is 2.34. The Labute approximate surface area is 119 Å². The predicted octanol–water partition coefficient (Wildman–Crippen LogP) is 1.95. The molecule has 0 aromatic heterocycles. The molecule has 0 saturated heterocycles. The highest BCUT2D eigenvalue weighted by Crippen LogP contribution is 2.12. The highest BCUT2D eigenvalue weighted by molar-refractivity contribution is 5.90. The van der Waals surface area contributed by atoms with E-state index in [1.54, 1.807) is 12.2 Å². The first-order valence-corrected chi connectivity index (χ1v) is 6.16. The summed E-state index contributed by atoms with van der Waals surface area (Å²) in [5.74, 6) is -1.24. The molecule has 0 saturated carbocycles. The topological polar surface area (TPSA) is 67.4 Å². The van der Waals surface area contributed by atoms with Gasteiger partial charge in [-0.15, -0.1) is 0 Å². The first-order valence-electron chi connectivity index (χ1n) is 6.16. The summed E-state index contributed by atoms with van der Waals surface area (Å²) in [6, 6.07) is 6.05. The molecule has 116 valence electrons. The van der Waals surface area contributed by atoms with Crippen molar-refractivity contribution in [3.8, 4) is 0 Å². The van der Waals surface area contributed by atoms with E-state index < -0.39 is 24.6 Å². The Morgan fingerprint density at radius 2 is 1.81 bits per heavy atom. The Bertz CT molecular complexity index is 486. The molecule has 0 bridgehead atoms. The van der Waals surface area contributed by atoms with E-state index in [1.807, 2.05) is 0 Å². The molecule has 1 amide bonds. The van der Waals surface area contributed by atoms with Gasteiger partial charge in [-0.1, -0.05) is 0 Å². The van der Waals surface area contributed by atoms with Crippen molar-refractivity contribution >= 4 is 17.6 Å². The molecule has 1 aromatic rings. The van der Waals surface area contributed by atoms with Crippen molar-refractivity contribution in [3.63, 3.8) is 0 Å². The van der Waals surface area contributed by atoms with Gasteiger partial charge in [-0.05, 0) is 31.2 Å². The van der Waals surface area contributed by atoms with Gasteiger partial charge >= 0.3 is 12.1 Å². The van der Waals surface area contributed by atoms with Crippen LogP contribution in [0.3, 0.4) is 0 Å².